The summed E-state index contributed by atoms with van der Waals surface area (Å²) in [6.45, 7) is 1.81. The second-order valence-electron chi connectivity index (χ2n) is 7.21. The van der Waals surface area contributed by atoms with Crippen LogP contribution < -0.4 is 5.32 Å². The van der Waals surface area contributed by atoms with E-state index < -0.39 is 11.6 Å². The molecule has 3 amide bonds. The van der Waals surface area contributed by atoms with Crippen molar-refractivity contribution >= 4 is 17.7 Å². The first-order valence-corrected chi connectivity index (χ1v) is 9.40. The number of nitrogens with zero attached hydrogens (tertiary/aromatic N) is 1. The fourth-order valence-electron chi connectivity index (χ4n) is 4.12. The number of urea groups is 1. The Morgan fingerprint density at radius 3 is 2.59 bits per heavy atom. The first-order chi connectivity index (χ1) is 13.0. The molecule has 0 radical (unpaired) electrons. The largest absolute Gasteiger partial charge is 0.325 e. The minimum atomic E-state index is -1.03. The van der Waals surface area contributed by atoms with E-state index in [-0.39, 0.29) is 18.2 Å². The maximum Gasteiger partial charge on any atom is 0.325 e. The monoisotopic (exact) mass is 362 g/mol. The van der Waals surface area contributed by atoms with Crippen molar-refractivity contribution in [3.63, 3.8) is 0 Å². The molecule has 1 unspecified atom stereocenters. The van der Waals surface area contributed by atoms with Gasteiger partial charge in [-0.3, -0.25) is 14.5 Å². The molecule has 0 bridgehead atoms. The van der Waals surface area contributed by atoms with Gasteiger partial charge in [0.25, 0.3) is 5.91 Å². The number of imide groups is 1. The predicted octanol–water partition coefficient (Wildman–Crippen LogP) is 3.22. The topological polar surface area (TPSA) is 66.5 Å². The zero-order chi connectivity index (χ0) is 19.0. The van der Waals surface area contributed by atoms with Gasteiger partial charge in [-0.2, -0.15) is 0 Å². The molecule has 2 aliphatic rings. The van der Waals surface area contributed by atoms with E-state index in [1.807, 2.05) is 43.3 Å². The lowest BCUT2D eigenvalue weighted by Crippen LogP contribution is -2.46. The molecular formula is C22H22N2O3. The second-order valence-corrected chi connectivity index (χ2v) is 7.21. The van der Waals surface area contributed by atoms with Crippen LogP contribution in [0, 0.1) is 0 Å². The molecular weight excluding hydrogens is 340 g/mol. The van der Waals surface area contributed by atoms with E-state index in [1.54, 1.807) is 12.1 Å². The van der Waals surface area contributed by atoms with E-state index in [1.165, 1.54) is 0 Å². The van der Waals surface area contributed by atoms with E-state index in [2.05, 4.69) is 5.32 Å². The van der Waals surface area contributed by atoms with Gasteiger partial charge in [-0.05, 0) is 42.4 Å². The number of nitrogens with one attached hydrogen (secondary N) is 1. The fourth-order valence-corrected chi connectivity index (χ4v) is 4.12. The first kappa shape index (κ1) is 17.5. The number of hydrogen-bond donors (Lipinski definition) is 1. The van der Waals surface area contributed by atoms with E-state index in [4.69, 9.17) is 0 Å². The standard InChI is InChI=1S/C22H22N2O3/c1-2-15-9-11-17(12-10-15)19(25)14-24-20(26)22(23-21(24)27)13-5-7-16-6-3-4-8-18(16)22/h3-4,6,8-12H,2,5,7,13-14H2,1H3,(H,23,27). The highest BCUT2D eigenvalue weighted by Gasteiger charge is 2.54. The summed E-state index contributed by atoms with van der Waals surface area (Å²) in [5.74, 6) is -0.555. The van der Waals surface area contributed by atoms with Crippen LogP contribution in [-0.2, 0) is 23.2 Å². The van der Waals surface area contributed by atoms with Gasteiger partial charge in [-0.1, -0.05) is 55.5 Å². The molecule has 0 aromatic heterocycles. The van der Waals surface area contributed by atoms with Crippen molar-refractivity contribution in [3.05, 3.63) is 70.8 Å². The van der Waals surface area contributed by atoms with Crippen LogP contribution in [0.15, 0.2) is 48.5 Å². The van der Waals surface area contributed by atoms with Gasteiger partial charge in [-0.15, -0.1) is 0 Å². The highest BCUT2D eigenvalue weighted by atomic mass is 16.2. The van der Waals surface area contributed by atoms with Gasteiger partial charge in [0, 0.05) is 5.56 Å². The Hall–Kier alpha value is -2.95. The highest BCUT2D eigenvalue weighted by Crippen LogP contribution is 2.39. The summed E-state index contributed by atoms with van der Waals surface area (Å²) in [5, 5.41) is 2.89. The Morgan fingerprint density at radius 2 is 1.85 bits per heavy atom. The predicted molar refractivity (Wildman–Crippen MR) is 101 cm³/mol. The second kappa shape index (κ2) is 6.65. The van der Waals surface area contributed by atoms with Gasteiger partial charge in [0.2, 0.25) is 0 Å². The fraction of sp³-hybridized carbons (Fsp3) is 0.318. The lowest BCUT2D eigenvalue weighted by atomic mass is 9.76. The van der Waals surface area contributed by atoms with Gasteiger partial charge >= 0.3 is 6.03 Å². The molecule has 138 valence electrons. The molecule has 4 rings (SSSR count). The smallest absolute Gasteiger partial charge is 0.319 e. The Kier molecular flexibility index (Phi) is 4.30. The van der Waals surface area contributed by atoms with E-state index in [9.17, 15) is 14.4 Å². The lowest BCUT2D eigenvalue weighted by Gasteiger charge is -2.33. The van der Waals surface area contributed by atoms with Crippen LogP contribution in [0.5, 0.6) is 0 Å². The normalized spacial score (nSPS) is 21.3. The Labute approximate surface area is 158 Å². The van der Waals surface area contributed by atoms with Crippen molar-refractivity contribution < 1.29 is 14.4 Å². The number of benzene rings is 2. The van der Waals surface area contributed by atoms with Crippen molar-refractivity contribution in [2.45, 2.75) is 38.1 Å². The molecule has 1 N–H and O–H groups in total. The van der Waals surface area contributed by atoms with Crippen LogP contribution in [0.2, 0.25) is 0 Å². The van der Waals surface area contributed by atoms with Crippen molar-refractivity contribution in [3.8, 4) is 0 Å². The number of hydrogen-bond acceptors (Lipinski definition) is 3. The van der Waals surface area contributed by atoms with Gasteiger partial charge < -0.3 is 5.32 Å². The summed E-state index contributed by atoms with van der Waals surface area (Å²) in [6.07, 6.45) is 3.17. The molecule has 27 heavy (non-hydrogen) atoms. The van der Waals surface area contributed by atoms with Crippen molar-refractivity contribution in [1.82, 2.24) is 10.2 Å². The van der Waals surface area contributed by atoms with Gasteiger partial charge in [0.15, 0.2) is 5.78 Å². The number of carbonyl (C=O) groups excluding carboxylic acids is 3. The van der Waals surface area contributed by atoms with Crippen LogP contribution >= 0.6 is 0 Å². The van der Waals surface area contributed by atoms with Gasteiger partial charge in [-0.25, -0.2) is 4.79 Å². The molecule has 2 aromatic carbocycles. The maximum absolute atomic E-state index is 13.2. The molecule has 1 aliphatic carbocycles. The minimum absolute atomic E-state index is 0.234. The molecule has 0 saturated carbocycles. The molecule has 2 aromatic rings. The van der Waals surface area contributed by atoms with Gasteiger partial charge in [0.05, 0.1) is 6.54 Å². The number of aryl methyl sites for hydroxylation is 2. The van der Waals surface area contributed by atoms with Crippen molar-refractivity contribution in [1.29, 1.82) is 0 Å². The minimum Gasteiger partial charge on any atom is -0.319 e. The molecule has 1 saturated heterocycles. The molecule has 1 fully saturated rings. The average molecular weight is 362 g/mol. The number of ketones is 1. The van der Waals surface area contributed by atoms with Crippen molar-refractivity contribution in [2.75, 3.05) is 6.54 Å². The molecule has 1 aliphatic heterocycles. The quantitative estimate of drug-likeness (QED) is 0.671. The summed E-state index contributed by atoms with van der Waals surface area (Å²) < 4.78 is 0. The highest BCUT2D eigenvalue weighted by molar-refractivity contribution is 6.11. The van der Waals surface area contributed by atoms with Crippen LogP contribution in [0.4, 0.5) is 4.79 Å². The number of amides is 3. The number of fused-ring (bicyclic) bond motifs is 2. The maximum atomic E-state index is 13.2. The van der Waals surface area contributed by atoms with Crippen LogP contribution in [0.3, 0.4) is 0 Å². The summed E-state index contributed by atoms with van der Waals surface area (Å²) in [6, 6.07) is 14.6. The summed E-state index contributed by atoms with van der Waals surface area (Å²) in [5.41, 5.74) is 2.56. The van der Waals surface area contributed by atoms with Crippen molar-refractivity contribution in [2.24, 2.45) is 0 Å². The van der Waals surface area contributed by atoms with Crippen LogP contribution in [0.1, 0.15) is 46.8 Å². The SMILES string of the molecule is CCc1ccc(C(=O)CN2C(=O)NC3(CCCc4ccccc43)C2=O)cc1. The first-order valence-electron chi connectivity index (χ1n) is 9.40. The third-order valence-corrected chi connectivity index (χ3v) is 5.64. The number of carbonyl (C=O) groups is 3. The summed E-state index contributed by atoms with van der Waals surface area (Å²) >= 11 is 0. The Morgan fingerprint density at radius 1 is 1.11 bits per heavy atom. The van der Waals surface area contributed by atoms with E-state index in [0.29, 0.717) is 12.0 Å². The third-order valence-electron chi connectivity index (χ3n) is 5.64. The number of Topliss-reactive ketones (excluding diaryl/α,β-unsaturated/α-hetero) is 1. The molecule has 5 nitrogen and oxygen atoms in total. The Balaban J connectivity index is 1.60. The molecule has 1 atom stereocenters. The Bertz CT molecular complexity index is 919. The zero-order valence-electron chi connectivity index (χ0n) is 15.3. The zero-order valence-corrected chi connectivity index (χ0v) is 15.3. The van der Waals surface area contributed by atoms with Crippen LogP contribution in [-0.4, -0.2) is 29.2 Å². The average Bonchev–Trinajstić information content (AvgIpc) is 2.93. The summed E-state index contributed by atoms with van der Waals surface area (Å²) in [7, 11) is 0. The molecule has 1 heterocycles. The van der Waals surface area contributed by atoms with Crippen LogP contribution in [0.25, 0.3) is 0 Å². The third kappa shape index (κ3) is 2.83. The molecule has 5 heteroatoms. The molecule has 1 spiro atoms. The van der Waals surface area contributed by atoms with E-state index in [0.717, 1.165) is 40.9 Å². The van der Waals surface area contributed by atoms with E-state index >= 15 is 0 Å². The van der Waals surface area contributed by atoms with Gasteiger partial charge in [0.1, 0.15) is 5.54 Å². The number of rotatable bonds is 4. The lowest BCUT2D eigenvalue weighted by molar-refractivity contribution is -0.131. The summed E-state index contributed by atoms with van der Waals surface area (Å²) in [4.78, 5) is 39.5.